The van der Waals surface area contributed by atoms with E-state index in [1.165, 1.54) is 5.56 Å². The molecule has 0 aromatic carbocycles. The van der Waals surface area contributed by atoms with Gasteiger partial charge in [-0.1, -0.05) is 18.2 Å². The quantitative estimate of drug-likeness (QED) is 0.805. The second-order valence-corrected chi connectivity index (χ2v) is 6.30. The third kappa shape index (κ3) is 3.38. The first-order valence-electron chi connectivity index (χ1n) is 8.33. The molecule has 3 rings (SSSR count). The molecule has 2 atom stereocenters. The van der Waals surface area contributed by atoms with E-state index in [2.05, 4.69) is 39.9 Å². The molecule has 0 saturated carbocycles. The van der Waals surface area contributed by atoms with Crippen LogP contribution in [0.1, 0.15) is 37.8 Å². The maximum absolute atomic E-state index is 12.6. The highest BCUT2D eigenvalue weighted by Crippen LogP contribution is 2.24. The molecule has 2 aliphatic rings. The molecule has 1 aliphatic heterocycles. The molecule has 22 heavy (non-hydrogen) atoms. The van der Waals surface area contributed by atoms with E-state index in [-0.39, 0.29) is 5.92 Å². The van der Waals surface area contributed by atoms with E-state index in [1.807, 2.05) is 18.5 Å². The Morgan fingerprint density at radius 2 is 2.09 bits per heavy atom. The molecule has 118 valence electrons. The summed E-state index contributed by atoms with van der Waals surface area (Å²) in [4.78, 5) is 21.3. The number of aromatic nitrogens is 1. The smallest absolute Gasteiger partial charge is 0.226 e. The van der Waals surface area contributed by atoms with Gasteiger partial charge in [0.2, 0.25) is 5.91 Å². The van der Waals surface area contributed by atoms with Gasteiger partial charge in [0, 0.05) is 50.5 Å². The number of carbonyl (C=O) groups is 1. The lowest BCUT2D eigenvalue weighted by Gasteiger charge is -2.39. The third-order valence-corrected chi connectivity index (χ3v) is 4.96. The first-order chi connectivity index (χ1) is 10.8. The minimum absolute atomic E-state index is 0.215. The summed E-state index contributed by atoms with van der Waals surface area (Å²) in [6, 6.07) is 4.48. The van der Waals surface area contributed by atoms with Crippen LogP contribution in [-0.4, -0.2) is 46.9 Å². The van der Waals surface area contributed by atoms with E-state index in [9.17, 15) is 4.79 Å². The van der Waals surface area contributed by atoms with Crippen LogP contribution in [0.4, 0.5) is 0 Å². The van der Waals surface area contributed by atoms with Gasteiger partial charge in [0.05, 0.1) is 0 Å². The van der Waals surface area contributed by atoms with Gasteiger partial charge >= 0.3 is 0 Å². The molecule has 1 fully saturated rings. The van der Waals surface area contributed by atoms with E-state index in [0.29, 0.717) is 11.9 Å². The lowest BCUT2D eigenvalue weighted by atomic mass is 9.93. The lowest BCUT2D eigenvalue weighted by Crippen LogP contribution is -2.50. The molecule has 1 amide bonds. The Bertz CT molecular complexity index is 520. The van der Waals surface area contributed by atoms with Crippen molar-refractivity contribution in [2.24, 2.45) is 5.92 Å². The van der Waals surface area contributed by atoms with Gasteiger partial charge in [-0.2, -0.15) is 0 Å². The lowest BCUT2D eigenvalue weighted by molar-refractivity contribution is -0.137. The van der Waals surface area contributed by atoms with Crippen molar-refractivity contribution in [2.75, 3.05) is 26.2 Å². The summed E-state index contributed by atoms with van der Waals surface area (Å²) >= 11 is 0. The van der Waals surface area contributed by atoms with Crippen LogP contribution < -0.4 is 0 Å². The Morgan fingerprint density at radius 1 is 1.27 bits per heavy atom. The van der Waals surface area contributed by atoms with Crippen LogP contribution in [0.5, 0.6) is 0 Å². The fourth-order valence-corrected chi connectivity index (χ4v) is 3.44. The first kappa shape index (κ1) is 15.2. The van der Waals surface area contributed by atoms with E-state index >= 15 is 0 Å². The van der Waals surface area contributed by atoms with E-state index < -0.39 is 0 Å². The van der Waals surface area contributed by atoms with Crippen molar-refractivity contribution < 1.29 is 4.79 Å². The van der Waals surface area contributed by atoms with Gasteiger partial charge in [-0.05, 0) is 37.8 Å². The number of hydrogen-bond acceptors (Lipinski definition) is 3. The maximum Gasteiger partial charge on any atom is 0.226 e. The molecule has 4 nitrogen and oxygen atoms in total. The van der Waals surface area contributed by atoms with Gasteiger partial charge in [-0.25, -0.2) is 0 Å². The molecule has 0 spiro atoms. The fraction of sp³-hybridized carbons (Fsp3) is 0.556. The van der Waals surface area contributed by atoms with Crippen LogP contribution in [0.25, 0.3) is 0 Å². The van der Waals surface area contributed by atoms with Crippen molar-refractivity contribution in [2.45, 2.75) is 32.2 Å². The van der Waals surface area contributed by atoms with Crippen LogP contribution >= 0.6 is 0 Å². The van der Waals surface area contributed by atoms with Crippen molar-refractivity contribution in [3.8, 4) is 0 Å². The predicted molar refractivity (Wildman–Crippen MR) is 87.3 cm³/mol. The monoisotopic (exact) mass is 299 g/mol. The molecule has 0 N–H and O–H groups in total. The Kier molecular flexibility index (Phi) is 4.88. The highest BCUT2D eigenvalue weighted by molar-refractivity contribution is 5.79. The molecule has 0 radical (unpaired) electrons. The van der Waals surface area contributed by atoms with Gasteiger partial charge in [0.15, 0.2) is 0 Å². The number of amides is 1. The molecule has 0 unspecified atom stereocenters. The standard InChI is InChI=1S/C18H25N3O/c1-15(17-8-5-9-19-14-17)20-10-12-21(13-11-20)18(22)16-6-3-2-4-7-16/h2-3,5,8-9,14-16H,4,6-7,10-13H2,1H3/t15-,16-/m0/s1. The summed E-state index contributed by atoms with van der Waals surface area (Å²) in [5, 5.41) is 0. The van der Waals surface area contributed by atoms with Gasteiger partial charge in [-0.3, -0.25) is 14.7 Å². The zero-order valence-electron chi connectivity index (χ0n) is 13.3. The fourth-order valence-electron chi connectivity index (χ4n) is 3.44. The summed E-state index contributed by atoms with van der Waals surface area (Å²) in [7, 11) is 0. The zero-order valence-corrected chi connectivity index (χ0v) is 13.3. The van der Waals surface area contributed by atoms with Crippen LogP contribution in [0, 0.1) is 5.92 Å². The van der Waals surface area contributed by atoms with Crippen LogP contribution in [0.3, 0.4) is 0 Å². The van der Waals surface area contributed by atoms with E-state index in [4.69, 9.17) is 0 Å². The summed E-state index contributed by atoms with van der Waals surface area (Å²) in [5.41, 5.74) is 1.25. The van der Waals surface area contributed by atoms with Crippen LogP contribution in [0.2, 0.25) is 0 Å². The predicted octanol–water partition coefficient (Wildman–Crippen LogP) is 2.64. The summed E-state index contributed by atoms with van der Waals surface area (Å²) < 4.78 is 0. The maximum atomic E-state index is 12.6. The largest absolute Gasteiger partial charge is 0.340 e. The van der Waals surface area contributed by atoms with Crippen molar-refractivity contribution in [1.82, 2.24) is 14.8 Å². The van der Waals surface area contributed by atoms with Crippen molar-refractivity contribution >= 4 is 5.91 Å². The van der Waals surface area contributed by atoms with Gasteiger partial charge in [0.25, 0.3) is 0 Å². The Labute approximate surface area is 132 Å². The number of hydrogen-bond donors (Lipinski definition) is 0. The Hall–Kier alpha value is -1.68. The number of nitrogens with zero attached hydrogens (tertiary/aromatic N) is 3. The minimum atomic E-state index is 0.215. The number of piperazine rings is 1. The second kappa shape index (κ2) is 7.05. The Morgan fingerprint density at radius 3 is 2.73 bits per heavy atom. The van der Waals surface area contributed by atoms with Crippen molar-refractivity contribution in [3.63, 3.8) is 0 Å². The number of allylic oxidation sites excluding steroid dienone is 2. The summed E-state index contributed by atoms with van der Waals surface area (Å²) in [6.07, 6.45) is 11.1. The van der Waals surface area contributed by atoms with E-state index in [0.717, 1.165) is 45.4 Å². The van der Waals surface area contributed by atoms with Crippen LogP contribution in [-0.2, 0) is 4.79 Å². The highest BCUT2D eigenvalue weighted by atomic mass is 16.2. The first-order valence-corrected chi connectivity index (χ1v) is 8.33. The zero-order chi connectivity index (χ0) is 15.4. The summed E-state index contributed by atoms with van der Waals surface area (Å²) in [6.45, 7) is 5.82. The molecule has 4 heteroatoms. The van der Waals surface area contributed by atoms with Crippen LogP contribution in [0.15, 0.2) is 36.7 Å². The third-order valence-electron chi connectivity index (χ3n) is 4.96. The highest BCUT2D eigenvalue weighted by Gasteiger charge is 2.28. The molecule has 1 aliphatic carbocycles. The van der Waals surface area contributed by atoms with Gasteiger partial charge < -0.3 is 4.90 Å². The van der Waals surface area contributed by atoms with Gasteiger partial charge in [-0.15, -0.1) is 0 Å². The van der Waals surface area contributed by atoms with Crippen molar-refractivity contribution in [1.29, 1.82) is 0 Å². The number of rotatable bonds is 3. The molecule has 2 heterocycles. The average Bonchev–Trinajstić information content (AvgIpc) is 2.62. The second-order valence-electron chi connectivity index (χ2n) is 6.30. The molecular formula is C18H25N3O. The van der Waals surface area contributed by atoms with E-state index in [1.54, 1.807) is 0 Å². The molecule has 1 aromatic heterocycles. The minimum Gasteiger partial charge on any atom is -0.340 e. The number of carbonyl (C=O) groups excluding carboxylic acids is 1. The van der Waals surface area contributed by atoms with Crippen molar-refractivity contribution in [3.05, 3.63) is 42.2 Å². The Balaban J connectivity index is 1.54. The number of pyridine rings is 1. The normalized spacial score (nSPS) is 24.2. The SMILES string of the molecule is C[C@@H](c1cccnc1)N1CCN(C(=O)[C@H]2CC=CCC2)CC1. The molecule has 1 aromatic rings. The topological polar surface area (TPSA) is 36.4 Å². The van der Waals surface area contributed by atoms with Gasteiger partial charge in [0.1, 0.15) is 0 Å². The average molecular weight is 299 g/mol. The molecular weight excluding hydrogens is 274 g/mol. The summed E-state index contributed by atoms with van der Waals surface area (Å²) in [5.74, 6) is 0.574. The molecule has 1 saturated heterocycles. The molecule has 0 bridgehead atoms.